The molecule has 1 aromatic rings. The van der Waals surface area contributed by atoms with Crippen LogP contribution in [0.4, 0.5) is 0 Å². The minimum absolute atomic E-state index is 0.143. The molecule has 1 fully saturated rings. The highest BCUT2D eigenvalue weighted by atomic mass is 16.5. The van der Waals surface area contributed by atoms with Crippen molar-refractivity contribution in [2.45, 2.75) is 13.0 Å². The molecule has 0 radical (unpaired) electrons. The number of benzene rings is 1. The van der Waals surface area contributed by atoms with E-state index in [1.54, 1.807) is 18.2 Å². The highest BCUT2D eigenvalue weighted by Gasteiger charge is 2.28. The lowest BCUT2D eigenvalue weighted by atomic mass is 10.0. The Morgan fingerprint density at radius 1 is 1.50 bits per heavy atom. The molecule has 6 heteroatoms. The van der Waals surface area contributed by atoms with Crippen LogP contribution in [0.1, 0.15) is 21.5 Å². The third-order valence-electron chi connectivity index (χ3n) is 3.28. The van der Waals surface area contributed by atoms with Crippen LogP contribution in [0, 0.1) is 18.3 Å². The molecule has 104 valence electrons. The summed E-state index contributed by atoms with van der Waals surface area (Å²) in [4.78, 5) is 25.0. The van der Waals surface area contributed by atoms with Crippen molar-refractivity contribution in [2.75, 3.05) is 19.7 Å². The van der Waals surface area contributed by atoms with Gasteiger partial charge in [0.2, 0.25) is 5.91 Å². The first-order valence-electron chi connectivity index (χ1n) is 6.24. The van der Waals surface area contributed by atoms with Crippen LogP contribution in [-0.4, -0.2) is 42.5 Å². The van der Waals surface area contributed by atoms with Crippen molar-refractivity contribution < 1.29 is 14.3 Å². The Morgan fingerprint density at radius 3 is 2.90 bits per heavy atom. The summed E-state index contributed by atoms with van der Waals surface area (Å²) < 4.78 is 5.20. The second-order valence-corrected chi connectivity index (χ2v) is 4.65. The molecule has 20 heavy (non-hydrogen) atoms. The summed E-state index contributed by atoms with van der Waals surface area (Å²) in [6, 6.07) is 7.02. The minimum atomic E-state index is -0.770. The minimum Gasteiger partial charge on any atom is -0.367 e. The zero-order valence-electron chi connectivity index (χ0n) is 11.1. The fourth-order valence-corrected chi connectivity index (χ4v) is 2.06. The standard InChI is InChI=1S/C14H15N3O3/c1-9-2-3-10(6-11(9)7-15)14(19)17-4-5-20-12(8-17)13(16)18/h2-3,6,12H,4-5,8H2,1H3,(H2,16,18). The summed E-state index contributed by atoms with van der Waals surface area (Å²) in [5, 5.41) is 8.99. The second-order valence-electron chi connectivity index (χ2n) is 4.65. The number of aryl methyl sites for hydroxylation is 1. The molecular weight excluding hydrogens is 258 g/mol. The molecule has 0 saturated carbocycles. The third-order valence-corrected chi connectivity index (χ3v) is 3.28. The Labute approximate surface area is 116 Å². The van der Waals surface area contributed by atoms with Gasteiger partial charge in [-0.25, -0.2) is 0 Å². The summed E-state index contributed by atoms with van der Waals surface area (Å²) in [6.45, 7) is 2.63. The van der Waals surface area contributed by atoms with Crippen LogP contribution in [0.15, 0.2) is 18.2 Å². The molecule has 1 heterocycles. The predicted octanol–water partition coefficient (Wildman–Crippen LogP) is 0.193. The van der Waals surface area contributed by atoms with Gasteiger partial charge < -0.3 is 15.4 Å². The van der Waals surface area contributed by atoms with Crippen LogP contribution >= 0.6 is 0 Å². The molecular formula is C14H15N3O3. The summed E-state index contributed by atoms with van der Waals surface area (Å²) in [5.74, 6) is -0.805. The summed E-state index contributed by atoms with van der Waals surface area (Å²) in [5.41, 5.74) is 6.91. The molecule has 1 atom stereocenters. The fourth-order valence-electron chi connectivity index (χ4n) is 2.06. The average Bonchev–Trinajstić information content (AvgIpc) is 2.47. The number of morpholine rings is 1. The molecule has 2 rings (SSSR count). The van der Waals surface area contributed by atoms with Crippen LogP contribution in [0.25, 0.3) is 0 Å². The Hall–Kier alpha value is -2.39. The van der Waals surface area contributed by atoms with Crippen molar-refractivity contribution in [3.05, 3.63) is 34.9 Å². The van der Waals surface area contributed by atoms with Crippen LogP contribution in [0.5, 0.6) is 0 Å². The number of carbonyl (C=O) groups excluding carboxylic acids is 2. The highest BCUT2D eigenvalue weighted by Crippen LogP contribution is 2.14. The van der Waals surface area contributed by atoms with Crippen LogP contribution in [0.3, 0.4) is 0 Å². The average molecular weight is 273 g/mol. The molecule has 2 N–H and O–H groups in total. The lowest BCUT2D eigenvalue weighted by molar-refractivity contribution is -0.133. The highest BCUT2D eigenvalue weighted by molar-refractivity contribution is 5.95. The first-order chi connectivity index (χ1) is 9.52. The second kappa shape index (κ2) is 5.72. The van der Waals surface area contributed by atoms with Crippen molar-refractivity contribution in [3.8, 4) is 6.07 Å². The number of nitriles is 1. The quantitative estimate of drug-likeness (QED) is 0.832. The zero-order valence-corrected chi connectivity index (χ0v) is 11.1. The lowest BCUT2D eigenvalue weighted by Gasteiger charge is -2.31. The van der Waals surface area contributed by atoms with Crippen molar-refractivity contribution in [2.24, 2.45) is 5.73 Å². The first kappa shape index (κ1) is 14.0. The molecule has 0 bridgehead atoms. The summed E-state index contributed by atoms with van der Waals surface area (Å²) >= 11 is 0. The van der Waals surface area contributed by atoms with Crippen LogP contribution < -0.4 is 5.73 Å². The number of hydrogen-bond donors (Lipinski definition) is 1. The molecule has 1 aliphatic rings. The Morgan fingerprint density at radius 2 is 2.25 bits per heavy atom. The molecule has 6 nitrogen and oxygen atoms in total. The predicted molar refractivity (Wildman–Crippen MR) is 70.7 cm³/mol. The van der Waals surface area contributed by atoms with E-state index in [1.165, 1.54) is 4.90 Å². The molecule has 1 unspecified atom stereocenters. The Balaban J connectivity index is 2.19. The molecule has 1 aliphatic heterocycles. The molecule has 2 amide bonds. The van der Waals surface area contributed by atoms with Crippen LogP contribution in [-0.2, 0) is 9.53 Å². The normalized spacial score (nSPS) is 18.4. The van der Waals surface area contributed by atoms with Gasteiger partial charge in [-0.05, 0) is 24.6 Å². The van der Waals surface area contributed by atoms with Crippen molar-refractivity contribution >= 4 is 11.8 Å². The van der Waals surface area contributed by atoms with Crippen molar-refractivity contribution in [1.82, 2.24) is 4.90 Å². The largest absolute Gasteiger partial charge is 0.367 e. The van der Waals surface area contributed by atoms with E-state index in [2.05, 4.69) is 6.07 Å². The van der Waals surface area contributed by atoms with E-state index in [9.17, 15) is 9.59 Å². The van der Waals surface area contributed by atoms with Crippen molar-refractivity contribution in [1.29, 1.82) is 5.26 Å². The van der Waals surface area contributed by atoms with Gasteiger partial charge in [-0.2, -0.15) is 5.26 Å². The molecule has 1 saturated heterocycles. The first-order valence-corrected chi connectivity index (χ1v) is 6.24. The maximum Gasteiger partial charge on any atom is 0.254 e. The van der Waals surface area contributed by atoms with Crippen molar-refractivity contribution in [3.63, 3.8) is 0 Å². The molecule has 1 aromatic carbocycles. The van der Waals surface area contributed by atoms with E-state index in [0.29, 0.717) is 17.7 Å². The number of rotatable bonds is 2. The van der Waals surface area contributed by atoms with Gasteiger partial charge in [0, 0.05) is 12.1 Å². The molecule has 0 aliphatic carbocycles. The van der Waals surface area contributed by atoms with E-state index in [-0.39, 0.29) is 19.1 Å². The molecule has 0 spiro atoms. The molecule has 0 aromatic heterocycles. The summed E-state index contributed by atoms with van der Waals surface area (Å²) in [6.07, 6.45) is -0.770. The smallest absolute Gasteiger partial charge is 0.254 e. The van der Waals surface area contributed by atoms with Crippen LogP contribution in [0.2, 0.25) is 0 Å². The van der Waals surface area contributed by atoms with Gasteiger partial charge in [0.25, 0.3) is 5.91 Å². The number of ether oxygens (including phenoxy) is 1. The third kappa shape index (κ3) is 2.78. The summed E-state index contributed by atoms with van der Waals surface area (Å²) in [7, 11) is 0. The topological polar surface area (TPSA) is 96.4 Å². The number of amides is 2. The van der Waals surface area contributed by atoms with Gasteiger partial charge in [-0.3, -0.25) is 9.59 Å². The Kier molecular flexibility index (Phi) is 4.01. The van der Waals surface area contributed by atoms with Gasteiger partial charge in [0.15, 0.2) is 6.10 Å². The van der Waals surface area contributed by atoms with E-state index in [1.807, 2.05) is 6.92 Å². The lowest BCUT2D eigenvalue weighted by Crippen LogP contribution is -2.50. The fraction of sp³-hybridized carbons (Fsp3) is 0.357. The monoisotopic (exact) mass is 273 g/mol. The SMILES string of the molecule is Cc1ccc(C(=O)N2CCOC(C(N)=O)C2)cc1C#N. The van der Waals surface area contributed by atoms with Gasteiger partial charge in [0.1, 0.15) is 0 Å². The van der Waals surface area contributed by atoms with Gasteiger partial charge in [-0.1, -0.05) is 6.07 Å². The maximum atomic E-state index is 12.4. The van der Waals surface area contributed by atoms with Gasteiger partial charge in [0.05, 0.1) is 24.8 Å². The van der Waals surface area contributed by atoms with Gasteiger partial charge in [-0.15, -0.1) is 0 Å². The Bertz CT molecular complexity index is 592. The number of nitrogens with zero attached hydrogens (tertiary/aromatic N) is 2. The maximum absolute atomic E-state index is 12.4. The van der Waals surface area contributed by atoms with E-state index < -0.39 is 12.0 Å². The number of primary amides is 1. The number of hydrogen-bond acceptors (Lipinski definition) is 4. The number of carbonyl (C=O) groups is 2. The van der Waals surface area contributed by atoms with E-state index in [0.717, 1.165) is 5.56 Å². The van der Waals surface area contributed by atoms with Gasteiger partial charge >= 0.3 is 0 Å². The number of nitrogens with two attached hydrogens (primary N) is 1. The van der Waals surface area contributed by atoms with E-state index >= 15 is 0 Å². The van der Waals surface area contributed by atoms with E-state index in [4.69, 9.17) is 15.7 Å². The zero-order chi connectivity index (χ0) is 14.7.